The quantitative estimate of drug-likeness (QED) is 0.426. The maximum Gasteiger partial charge on any atom is 0 e. The largest absolute Gasteiger partial charge is 0.412 e. The average molecular weight is 222 g/mol. The Bertz CT molecular complexity index is 8.00. The number of hydrogen-bond acceptors (Lipinski definition) is 0. The maximum atomic E-state index is 0. The van der Waals surface area contributed by atoms with E-state index in [-0.39, 0.29) is 109 Å². The van der Waals surface area contributed by atoms with Crippen LogP contribution < -0.4 is 0 Å². The summed E-state index contributed by atoms with van der Waals surface area (Å²) < 4.78 is 0. The van der Waals surface area contributed by atoms with Crippen LogP contribution >= 0.6 is 0 Å². The fraction of sp³-hybridized carbons (Fsp3) is 0. The van der Waals surface area contributed by atoms with E-state index in [1.54, 1.807) is 0 Å². The molecule has 0 aromatic rings. The van der Waals surface area contributed by atoms with Gasteiger partial charge in [0.15, 0.2) is 0 Å². The van der Waals surface area contributed by atoms with E-state index in [1.807, 2.05) is 0 Å². The first-order valence-corrected chi connectivity index (χ1v) is 0. The second kappa shape index (κ2) is 16.2. The second-order valence-electron chi connectivity index (χ2n) is 0. The minimum Gasteiger partial charge on any atom is -0.412 e. The summed E-state index contributed by atoms with van der Waals surface area (Å²) >= 11 is 0. The molecular weight excluding hydrogens is 220 g/mol. The summed E-state index contributed by atoms with van der Waals surface area (Å²) in [6.07, 6.45) is 0. The van der Waals surface area contributed by atoms with Crippen LogP contribution in [0.3, 0.4) is 0 Å². The van der Waals surface area contributed by atoms with Crippen LogP contribution in [0.5, 0.6) is 0 Å². The Morgan fingerprint density at radius 2 is 1.00 bits per heavy atom. The summed E-state index contributed by atoms with van der Waals surface area (Å²) in [5, 5.41) is 0. The summed E-state index contributed by atoms with van der Waals surface area (Å²) in [5.41, 5.74) is 0. The van der Waals surface area contributed by atoms with Crippen molar-refractivity contribution in [1.29, 1.82) is 0 Å². The standard InChI is InChI=1S/Al.Ba.Ca.H2O/h;;;1H2. The monoisotopic (exact) mass is 223 g/mol. The van der Waals surface area contributed by atoms with Crippen LogP contribution in [0.1, 0.15) is 0 Å². The molecule has 0 heterocycles. The van der Waals surface area contributed by atoms with Gasteiger partial charge in [-0.3, -0.25) is 0 Å². The normalized spacial score (nSPS) is 0. The third kappa shape index (κ3) is 9.01. The molecule has 0 unspecified atom stereocenters. The van der Waals surface area contributed by atoms with Crippen LogP contribution in [0.25, 0.3) is 0 Å². The van der Waals surface area contributed by atoms with Gasteiger partial charge in [0.05, 0.1) is 0 Å². The van der Waals surface area contributed by atoms with Gasteiger partial charge in [0.1, 0.15) is 0 Å². The van der Waals surface area contributed by atoms with Gasteiger partial charge < -0.3 is 5.48 Å². The molecule has 4 heteroatoms. The molecule has 0 rings (SSSR count). The fourth-order valence-electron chi connectivity index (χ4n) is 0. The zero-order valence-electron chi connectivity index (χ0n) is 2.49. The minimum atomic E-state index is 0. The summed E-state index contributed by atoms with van der Waals surface area (Å²) in [5.74, 6) is 0. The van der Waals surface area contributed by atoms with Crippen molar-refractivity contribution in [1.82, 2.24) is 0 Å². The maximum absolute atomic E-state index is 0. The van der Waals surface area contributed by atoms with Crippen LogP contribution in [-0.4, -0.2) is 109 Å². The Hall–Kier alpha value is 3.32. The molecule has 0 fully saturated rings. The molecule has 1 nitrogen and oxygen atoms in total. The number of hydrogen-bond donors (Lipinski definition) is 0. The third-order valence-corrected chi connectivity index (χ3v) is 0. The molecular formula is H2AlBaCaO. The second-order valence-corrected chi connectivity index (χ2v) is 0. The predicted molar refractivity (Wildman–Crippen MR) is 20.9 cm³/mol. The van der Waals surface area contributed by atoms with E-state index in [4.69, 9.17) is 0 Å². The molecule has 2 N–H and O–H groups in total. The van der Waals surface area contributed by atoms with Gasteiger partial charge in [0, 0.05) is 104 Å². The van der Waals surface area contributed by atoms with Crippen molar-refractivity contribution in [2.75, 3.05) is 0 Å². The first-order chi connectivity index (χ1) is 0. The van der Waals surface area contributed by atoms with Crippen molar-refractivity contribution in [2.45, 2.75) is 0 Å². The van der Waals surface area contributed by atoms with Gasteiger partial charge in [0.2, 0.25) is 0 Å². The van der Waals surface area contributed by atoms with Crippen LogP contribution in [0.2, 0.25) is 0 Å². The topological polar surface area (TPSA) is 31.5 Å². The Labute approximate surface area is 106 Å². The zero-order valence-corrected chi connectivity index (χ0v) is 10.3. The molecule has 0 aliphatic carbocycles. The summed E-state index contributed by atoms with van der Waals surface area (Å²) in [4.78, 5) is 0. The molecule has 0 amide bonds. The molecule has 0 aromatic heterocycles. The molecule has 0 bridgehead atoms. The average Bonchev–Trinajstić information content (AvgIpc) is 0. The Balaban J connectivity index is 0. The van der Waals surface area contributed by atoms with Crippen LogP contribution in [0.4, 0.5) is 0 Å². The molecule has 0 aliphatic rings. The van der Waals surface area contributed by atoms with Gasteiger partial charge in [-0.2, -0.15) is 0 Å². The number of rotatable bonds is 0. The van der Waals surface area contributed by atoms with Crippen LogP contribution in [0, 0.1) is 0 Å². The third-order valence-electron chi connectivity index (χ3n) is 0. The first-order valence-electron chi connectivity index (χ1n) is 0. The van der Waals surface area contributed by atoms with Crippen molar-refractivity contribution < 1.29 is 5.48 Å². The molecule has 0 aliphatic heterocycles. The Kier molecular flexibility index (Phi) is 108. The Morgan fingerprint density at radius 1 is 1.00 bits per heavy atom. The van der Waals surface area contributed by atoms with Crippen molar-refractivity contribution in [3.05, 3.63) is 0 Å². The van der Waals surface area contributed by atoms with Crippen molar-refractivity contribution in [3.63, 3.8) is 0 Å². The molecule has 15 valence electrons. The molecule has 0 saturated heterocycles. The van der Waals surface area contributed by atoms with Gasteiger partial charge in [-0.1, -0.05) is 0 Å². The van der Waals surface area contributed by atoms with E-state index < -0.39 is 0 Å². The SMILES string of the molecule is O.[Al].[Ba].[Ca]. The van der Waals surface area contributed by atoms with Gasteiger partial charge >= 0.3 is 0 Å². The van der Waals surface area contributed by atoms with Crippen molar-refractivity contribution in [2.24, 2.45) is 0 Å². The summed E-state index contributed by atoms with van der Waals surface area (Å²) in [7, 11) is 0. The van der Waals surface area contributed by atoms with E-state index in [2.05, 4.69) is 0 Å². The van der Waals surface area contributed by atoms with E-state index in [0.29, 0.717) is 0 Å². The molecule has 0 spiro atoms. The van der Waals surface area contributed by atoms with Gasteiger partial charge in [-0.05, 0) is 0 Å². The minimum absolute atomic E-state index is 0. The van der Waals surface area contributed by atoms with Crippen molar-refractivity contribution in [3.8, 4) is 0 Å². The van der Waals surface area contributed by atoms with Crippen LogP contribution in [-0.2, 0) is 0 Å². The first kappa shape index (κ1) is 26.5. The Morgan fingerprint density at radius 3 is 1.00 bits per heavy atom. The zero-order chi connectivity index (χ0) is 0. The van der Waals surface area contributed by atoms with Gasteiger partial charge in [-0.15, -0.1) is 0 Å². The molecule has 7 radical (unpaired) electrons. The molecule has 0 aromatic carbocycles. The van der Waals surface area contributed by atoms with E-state index in [9.17, 15) is 0 Å². The molecule has 0 saturated carbocycles. The van der Waals surface area contributed by atoms with E-state index in [0.717, 1.165) is 0 Å². The fourth-order valence-corrected chi connectivity index (χ4v) is 0. The summed E-state index contributed by atoms with van der Waals surface area (Å²) in [6, 6.07) is 0. The van der Waals surface area contributed by atoms with E-state index in [1.165, 1.54) is 0 Å². The predicted octanol–water partition coefficient (Wildman–Crippen LogP) is -1.97. The van der Waals surface area contributed by atoms with Crippen LogP contribution in [0.15, 0.2) is 0 Å². The van der Waals surface area contributed by atoms with E-state index >= 15 is 0 Å². The van der Waals surface area contributed by atoms with Gasteiger partial charge in [0.25, 0.3) is 0 Å². The van der Waals surface area contributed by atoms with Gasteiger partial charge in [-0.25, -0.2) is 0 Å². The van der Waals surface area contributed by atoms with Crippen molar-refractivity contribution >= 4 is 104 Å². The summed E-state index contributed by atoms with van der Waals surface area (Å²) in [6.45, 7) is 0. The molecule has 0 atom stereocenters. The molecule has 4 heavy (non-hydrogen) atoms. The smallest absolute Gasteiger partial charge is 0 e.